The van der Waals surface area contributed by atoms with E-state index in [1.165, 1.54) is 9.80 Å². The molecule has 2 aromatic rings. The molecule has 2 fully saturated rings. The summed E-state index contributed by atoms with van der Waals surface area (Å²) in [7, 11) is 0. The van der Waals surface area contributed by atoms with Gasteiger partial charge in [0, 0.05) is 52.8 Å². The van der Waals surface area contributed by atoms with Gasteiger partial charge in [-0.15, -0.1) is 0 Å². The van der Waals surface area contributed by atoms with Crippen molar-refractivity contribution in [1.82, 2.24) is 9.80 Å². The van der Waals surface area contributed by atoms with Crippen LogP contribution in [0.1, 0.15) is 25.7 Å². The first-order chi connectivity index (χ1) is 20.8. The van der Waals surface area contributed by atoms with Crippen molar-refractivity contribution in [3.05, 3.63) is 60.9 Å². The van der Waals surface area contributed by atoms with Crippen molar-refractivity contribution in [2.75, 3.05) is 23.7 Å². The topological polar surface area (TPSA) is 98.8 Å². The van der Waals surface area contributed by atoms with Gasteiger partial charge in [0.05, 0.1) is 21.2 Å². The van der Waals surface area contributed by atoms with Gasteiger partial charge in [0.2, 0.25) is 11.8 Å². The fraction of sp³-hybridized carbons (Fsp3) is 0.231. The minimum absolute atomic E-state index is 0.159. The first kappa shape index (κ1) is 36.7. The molecule has 4 amide bonds. The number of amides is 4. The van der Waals surface area contributed by atoms with Crippen LogP contribution in [0.3, 0.4) is 0 Å². The van der Waals surface area contributed by atoms with Crippen LogP contribution in [0.2, 0.25) is 0 Å². The highest BCUT2D eigenvalue weighted by Crippen LogP contribution is 2.42. The van der Waals surface area contributed by atoms with Crippen LogP contribution in [-0.2, 0) is 19.2 Å². The normalized spacial score (nSPS) is 16.8. The average Bonchev–Trinajstić information content (AvgIpc) is 3.37. The molecule has 0 aromatic heterocycles. The molecule has 4 rings (SSSR count). The minimum atomic E-state index is -0.385. The highest BCUT2D eigenvalue weighted by Gasteiger charge is 2.41. The summed E-state index contributed by atoms with van der Waals surface area (Å²) in [6, 6.07) is 7.29. The maximum absolute atomic E-state index is 13.3. The predicted molar refractivity (Wildman–Crippen MR) is 206 cm³/mol. The monoisotopic (exact) mass is 1050 g/mol. The molecule has 0 saturated carbocycles. The van der Waals surface area contributed by atoms with Crippen LogP contribution >= 0.6 is 144 Å². The lowest BCUT2D eigenvalue weighted by atomic mass is 10.2. The SMILES string of the molecule is O=C(CCCN1C(=O)C(=C2SC(=S)N(CCCC(=O)Nc3c(Br)cc(Br)cc3Br)C2=O)SC1=S)Nc1c(Br)cc(Br)cc1Br. The van der Waals surface area contributed by atoms with Crippen LogP contribution in [0.5, 0.6) is 0 Å². The maximum atomic E-state index is 13.3. The third kappa shape index (κ3) is 9.04. The van der Waals surface area contributed by atoms with Crippen molar-refractivity contribution < 1.29 is 19.2 Å². The van der Waals surface area contributed by atoms with Crippen LogP contribution < -0.4 is 10.6 Å². The summed E-state index contributed by atoms with van der Waals surface area (Å²) in [5.74, 6) is -1.20. The van der Waals surface area contributed by atoms with Crippen molar-refractivity contribution >= 4 is 187 Å². The zero-order valence-electron chi connectivity index (χ0n) is 22.0. The van der Waals surface area contributed by atoms with Crippen LogP contribution in [0.4, 0.5) is 11.4 Å². The summed E-state index contributed by atoms with van der Waals surface area (Å²) >= 11 is 33.5. The minimum Gasteiger partial charge on any atom is -0.324 e. The molecule has 0 atom stereocenters. The Hall–Kier alpha value is -0.180. The number of anilines is 2. The van der Waals surface area contributed by atoms with Crippen molar-refractivity contribution in [3.63, 3.8) is 0 Å². The zero-order chi connectivity index (χ0) is 32.3. The van der Waals surface area contributed by atoms with E-state index in [0.29, 0.717) is 50.7 Å². The molecular formula is C26H18Br6N4O4S4. The highest BCUT2D eigenvalue weighted by molar-refractivity contribution is 9.12. The molecule has 18 heteroatoms. The molecule has 0 radical (unpaired) electrons. The Kier molecular flexibility index (Phi) is 13.6. The van der Waals surface area contributed by atoms with E-state index in [1.807, 2.05) is 24.3 Å². The number of hydrogen-bond donors (Lipinski definition) is 2. The second-order valence-electron chi connectivity index (χ2n) is 9.10. The molecule has 2 saturated heterocycles. The van der Waals surface area contributed by atoms with Gasteiger partial charge in [-0.3, -0.25) is 29.0 Å². The molecule has 0 spiro atoms. The standard InChI is InChI=1S/C26H18Br6N4O4S4/c27-11-7-13(29)19(14(30)8-11)33-17(37)3-1-5-35-23(39)21(43-25(35)41)22-24(40)36(26(42)44-22)6-2-4-18(38)34-20-15(31)9-12(28)10-16(20)32/h7-10H,1-6H2,(H,33,37)(H,34,38). The third-order valence-corrected chi connectivity index (χ3v) is 12.5. The molecular weight excluding hydrogens is 1040 g/mol. The number of carbonyl (C=O) groups is 4. The Morgan fingerprint density at radius 2 is 0.955 bits per heavy atom. The number of nitrogens with zero attached hydrogens (tertiary/aromatic N) is 2. The van der Waals surface area contributed by atoms with E-state index < -0.39 is 0 Å². The molecule has 0 aliphatic carbocycles. The van der Waals surface area contributed by atoms with Crippen LogP contribution in [0.25, 0.3) is 0 Å². The zero-order valence-corrected chi connectivity index (χ0v) is 34.8. The summed E-state index contributed by atoms with van der Waals surface area (Å²) in [6.45, 7) is 0.453. The summed E-state index contributed by atoms with van der Waals surface area (Å²) in [4.78, 5) is 54.9. The molecule has 8 nitrogen and oxygen atoms in total. The fourth-order valence-electron chi connectivity index (χ4n) is 3.98. The van der Waals surface area contributed by atoms with E-state index in [1.54, 1.807) is 0 Å². The molecule has 2 N–H and O–H groups in total. The number of hydrogen-bond acceptors (Lipinski definition) is 8. The number of thiocarbonyl (C=S) groups is 2. The fourth-order valence-corrected chi connectivity index (χ4v) is 11.7. The Morgan fingerprint density at radius 3 is 1.27 bits per heavy atom. The molecule has 2 aromatic carbocycles. The lowest BCUT2D eigenvalue weighted by Gasteiger charge is -2.15. The average molecular weight is 1060 g/mol. The molecule has 2 heterocycles. The van der Waals surface area contributed by atoms with E-state index >= 15 is 0 Å². The molecule has 0 bridgehead atoms. The van der Waals surface area contributed by atoms with Crippen molar-refractivity contribution in [2.24, 2.45) is 0 Å². The third-order valence-electron chi connectivity index (χ3n) is 6.02. The number of nitrogens with one attached hydrogen (secondary N) is 2. The largest absolute Gasteiger partial charge is 0.324 e. The quantitative estimate of drug-likeness (QED) is 0.180. The first-order valence-corrected chi connectivity index (χ1v) is 19.7. The summed E-state index contributed by atoms with van der Waals surface area (Å²) in [6.07, 6.45) is 1.06. The van der Waals surface area contributed by atoms with E-state index in [-0.39, 0.29) is 59.4 Å². The van der Waals surface area contributed by atoms with Gasteiger partial charge < -0.3 is 10.6 Å². The maximum Gasteiger partial charge on any atom is 0.267 e. The Morgan fingerprint density at radius 1 is 0.636 bits per heavy atom. The molecule has 0 unspecified atom stereocenters. The molecule has 232 valence electrons. The highest BCUT2D eigenvalue weighted by atomic mass is 79.9. The van der Waals surface area contributed by atoms with Gasteiger partial charge in [-0.1, -0.05) is 79.8 Å². The Labute approximate surface area is 322 Å². The Bertz CT molecular complexity index is 1480. The van der Waals surface area contributed by atoms with E-state index in [2.05, 4.69) is 106 Å². The van der Waals surface area contributed by atoms with Crippen molar-refractivity contribution in [2.45, 2.75) is 25.7 Å². The molecule has 2 aliphatic rings. The van der Waals surface area contributed by atoms with Gasteiger partial charge in [0.15, 0.2) is 0 Å². The van der Waals surface area contributed by atoms with E-state index in [0.717, 1.165) is 32.5 Å². The lowest BCUT2D eigenvalue weighted by molar-refractivity contribution is -0.124. The van der Waals surface area contributed by atoms with Gasteiger partial charge in [-0.2, -0.15) is 0 Å². The molecule has 44 heavy (non-hydrogen) atoms. The second-order valence-corrected chi connectivity index (χ2v) is 17.6. The summed E-state index contributed by atoms with van der Waals surface area (Å²) < 4.78 is 5.19. The molecule has 2 aliphatic heterocycles. The smallest absolute Gasteiger partial charge is 0.267 e. The number of benzene rings is 2. The summed E-state index contributed by atoms with van der Waals surface area (Å²) in [5.41, 5.74) is 1.22. The van der Waals surface area contributed by atoms with Gasteiger partial charge in [-0.25, -0.2) is 0 Å². The van der Waals surface area contributed by atoms with Crippen LogP contribution in [0, 0.1) is 0 Å². The number of carbonyl (C=O) groups excluding carboxylic acids is 4. The van der Waals surface area contributed by atoms with E-state index in [9.17, 15) is 19.2 Å². The predicted octanol–water partition coefficient (Wildman–Crippen LogP) is 9.33. The summed E-state index contributed by atoms with van der Waals surface area (Å²) in [5, 5.41) is 5.72. The van der Waals surface area contributed by atoms with Crippen LogP contribution in [-0.4, -0.2) is 55.2 Å². The van der Waals surface area contributed by atoms with Gasteiger partial charge in [0.1, 0.15) is 8.64 Å². The van der Waals surface area contributed by atoms with Crippen molar-refractivity contribution in [3.8, 4) is 0 Å². The number of halogens is 6. The number of thioether (sulfide) groups is 2. The first-order valence-electron chi connectivity index (χ1n) is 12.5. The van der Waals surface area contributed by atoms with Gasteiger partial charge >= 0.3 is 0 Å². The lowest BCUT2D eigenvalue weighted by Crippen LogP contribution is -2.31. The Balaban J connectivity index is 1.30. The van der Waals surface area contributed by atoms with Crippen molar-refractivity contribution in [1.29, 1.82) is 0 Å². The van der Waals surface area contributed by atoms with Gasteiger partial charge in [-0.05, 0) is 101 Å². The van der Waals surface area contributed by atoms with Gasteiger partial charge in [0.25, 0.3) is 11.8 Å². The van der Waals surface area contributed by atoms with E-state index in [4.69, 9.17) is 24.4 Å². The second kappa shape index (κ2) is 16.3. The van der Waals surface area contributed by atoms with Crippen LogP contribution in [0.15, 0.2) is 60.9 Å². The number of rotatable bonds is 10.